The van der Waals surface area contributed by atoms with E-state index in [1.54, 1.807) is 4.90 Å². The van der Waals surface area contributed by atoms with Crippen LogP contribution in [0.4, 0.5) is 13.6 Å². The van der Waals surface area contributed by atoms with Gasteiger partial charge in [0.05, 0.1) is 0 Å². The molecule has 1 amide bonds. The molecular weight excluding hydrogens is 368 g/mol. The first-order valence-corrected chi connectivity index (χ1v) is 9.48. The topological polar surface area (TPSA) is 54.4 Å². The van der Waals surface area contributed by atoms with Gasteiger partial charge in [-0.1, -0.05) is 18.5 Å². The number of hydrogen-bond donors (Lipinski definition) is 0. The first kappa shape index (κ1) is 21.9. The van der Waals surface area contributed by atoms with E-state index in [1.807, 2.05) is 32.6 Å². The summed E-state index contributed by atoms with van der Waals surface area (Å²) in [6, 6.07) is 2.17. The molecule has 0 atom stereocenters. The highest BCUT2D eigenvalue weighted by Crippen LogP contribution is 2.22. The molecular formula is C20H29F2N3O3. The maximum Gasteiger partial charge on any atom is 0.410 e. The lowest BCUT2D eigenvalue weighted by Gasteiger charge is -2.37. The van der Waals surface area contributed by atoms with Crippen LogP contribution < -0.4 is 0 Å². The highest BCUT2D eigenvalue weighted by Gasteiger charge is 2.29. The summed E-state index contributed by atoms with van der Waals surface area (Å²) in [5.74, 6) is -0.884. The maximum absolute atomic E-state index is 14.4. The summed E-state index contributed by atoms with van der Waals surface area (Å²) < 4.78 is 33.7. The van der Waals surface area contributed by atoms with E-state index >= 15 is 0 Å². The van der Waals surface area contributed by atoms with Crippen LogP contribution in [0, 0.1) is 11.6 Å². The standard InChI is InChI=1S/C20H29F2N3O3/c1-6-7-15-16(12-14(21)13-17(15)22)18(23-27-5)24-8-10-25(11-9-24)19(26)28-20(2,3)4/h12-13H,6-11H2,1-5H3. The Hall–Kier alpha value is -2.38. The third kappa shape index (κ3) is 5.56. The number of rotatable bonds is 4. The van der Waals surface area contributed by atoms with Gasteiger partial charge >= 0.3 is 6.09 Å². The molecule has 0 bridgehead atoms. The van der Waals surface area contributed by atoms with Crippen molar-refractivity contribution in [3.63, 3.8) is 0 Å². The van der Waals surface area contributed by atoms with Gasteiger partial charge in [0.15, 0.2) is 5.84 Å². The second-order valence-corrected chi connectivity index (χ2v) is 7.72. The molecule has 1 aromatic carbocycles. The minimum absolute atomic E-state index is 0.369. The SMILES string of the molecule is CCCc1c(F)cc(F)cc1C(=NOC)N1CCN(C(=O)OC(C)(C)C)CC1. The molecule has 0 aliphatic carbocycles. The molecule has 6 nitrogen and oxygen atoms in total. The summed E-state index contributed by atoms with van der Waals surface area (Å²) in [4.78, 5) is 20.7. The van der Waals surface area contributed by atoms with Crippen molar-refractivity contribution >= 4 is 11.9 Å². The van der Waals surface area contributed by atoms with Crippen LogP contribution in [0.25, 0.3) is 0 Å². The van der Waals surface area contributed by atoms with Crippen LogP contribution in [0.2, 0.25) is 0 Å². The number of benzene rings is 1. The zero-order valence-corrected chi connectivity index (χ0v) is 17.2. The molecule has 1 saturated heterocycles. The fourth-order valence-electron chi connectivity index (χ4n) is 3.10. The number of amidine groups is 1. The van der Waals surface area contributed by atoms with E-state index in [0.717, 1.165) is 6.07 Å². The fraction of sp³-hybridized carbons (Fsp3) is 0.600. The molecule has 1 aromatic rings. The van der Waals surface area contributed by atoms with Gasteiger partial charge in [0, 0.05) is 37.8 Å². The minimum atomic E-state index is -0.663. The molecule has 0 aromatic heterocycles. The molecule has 0 unspecified atom stereocenters. The predicted molar refractivity (Wildman–Crippen MR) is 103 cm³/mol. The van der Waals surface area contributed by atoms with E-state index in [2.05, 4.69) is 5.16 Å². The Morgan fingerprint density at radius 1 is 1.14 bits per heavy atom. The summed E-state index contributed by atoms with van der Waals surface area (Å²) in [5.41, 5.74) is 0.228. The third-order valence-corrected chi connectivity index (χ3v) is 4.31. The average Bonchev–Trinajstić information content (AvgIpc) is 2.60. The number of amides is 1. The van der Waals surface area contributed by atoms with Gasteiger partial charge in [-0.05, 0) is 38.8 Å². The Labute approximate surface area is 165 Å². The smallest absolute Gasteiger partial charge is 0.410 e. The van der Waals surface area contributed by atoms with Crippen LogP contribution in [-0.4, -0.2) is 60.6 Å². The Bertz CT molecular complexity index is 724. The van der Waals surface area contributed by atoms with Crippen molar-refractivity contribution in [3.8, 4) is 0 Å². The van der Waals surface area contributed by atoms with Gasteiger partial charge in [0.1, 0.15) is 24.3 Å². The van der Waals surface area contributed by atoms with E-state index in [-0.39, 0.29) is 6.09 Å². The van der Waals surface area contributed by atoms with E-state index in [1.165, 1.54) is 13.2 Å². The zero-order chi connectivity index (χ0) is 20.9. The number of halogens is 2. The molecule has 1 aliphatic rings. The highest BCUT2D eigenvalue weighted by atomic mass is 19.1. The molecule has 1 aliphatic heterocycles. The summed E-state index contributed by atoms with van der Waals surface area (Å²) in [7, 11) is 1.39. The van der Waals surface area contributed by atoms with Gasteiger partial charge in [-0.25, -0.2) is 13.6 Å². The lowest BCUT2D eigenvalue weighted by Crippen LogP contribution is -2.52. The van der Waals surface area contributed by atoms with Crippen molar-refractivity contribution in [2.24, 2.45) is 5.16 Å². The fourth-order valence-corrected chi connectivity index (χ4v) is 3.10. The number of ether oxygens (including phenoxy) is 1. The molecule has 2 rings (SSSR count). The summed E-state index contributed by atoms with van der Waals surface area (Å²) in [6.45, 7) is 9.11. The zero-order valence-electron chi connectivity index (χ0n) is 17.2. The van der Waals surface area contributed by atoms with E-state index in [9.17, 15) is 13.6 Å². The number of carbonyl (C=O) groups is 1. The summed E-state index contributed by atoms with van der Waals surface area (Å²) >= 11 is 0. The average molecular weight is 397 g/mol. The molecule has 28 heavy (non-hydrogen) atoms. The van der Waals surface area contributed by atoms with Crippen molar-refractivity contribution in [3.05, 3.63) is 34.9 Å². The lowest BCUT2D eigenvalue weighted by atomic mass is 10.0. The first-order chi connectivity index (χ1) is 13.2. The normalized spacial score (nSPS) is 15.6. The van der Waals surface area contributed by atoms with Crippen molar-refractivity contribution in [2.75, 3.05) is 33.3 Å². The van der Waals surface area contributed by atoms with Crippen molar-refractivity contribution in [1.29, 1.82) is 0 Å². The van der Waals surface area contributed by atoms with Gasteiger partial charge < -0.3 is 19.4 Å². The van der Waals surface area contributed by atoms with Gasteiger partial charge in [-0.15, -0.1) is 0 Å². The molecule has 8 heteroatoms. The van der Waals surface area contributed by atoms with Crippen LogP contribution in [0.1, 0.15) is 45.2 Å². The highest BCUT2D eigenvalue weighted by molar-refractivity contribution is 6.00. The second-order valence-electron chi connectivity index (χ2n) is 7.72. The summed E-state index contributed by atoms with van der Waals surface area (Å²) in [5, 5.41) is 4.05. The summed E-state index contributed by atoms with van der Waals surface area (Å²) in [6.07, 6.45) is 0.797. The van der Waals surface area contributed by atoms with Crippen molar-refractivity contribution < 1.29 is 23.1 Å². The van der Waals surface area contributed by atoms with Crippen LogP contribution in [-0.2, 0) is 16.0 Å². The van der Waals surface area contributed by atoms with E-state index in [4.69, 9.17) is 9.57 Å². The van der Waals surface area contributed by atoms with Gasteiger partial charge in [-0.3, -0.25) is 0 Å². The Morgan fingerprint density at radius 3 is 2.29 bits per heavy atom. The predicted octanol–water partition coefficient (Wildman–Crippen LogP) is 3.78. The van der Waals surface area contributed by atoms with Gasteiger partial charge in [0.25, 0.3) is 0 Å². The third-order valence-electron chi connectivity index (χ3n) is 4.31. The van der Waals surface area contributed by atoms with E-state index in [0.29, 0.717) is 56.0 Å². The second kappa shape index (κ2) is 9.21. The largest absolute Gasteiger partial charge is 0.444 e. The van der Waals surface area contributed by atoms with Gasteiger partial charge in [0.2, 0.25) is 0 Å². The first-order valence-electron chi connectivity index (χ1n) is 9.48. The molecule has 0 spiro atoms. The van der Waals surface area contributed by atoms with Crippen LogP contribution in [0.5, 0.6) is 0 Å². The monoisotopic (exact) mass is 397 g/mol. The Balaban J connectivity index is 2.22. The molecule has 156 valence electrons. The number of hydrogen-bond acceptors (Lipinski definition) is 4. The van der Waals surface area contributed by atoms with Gasteiger partial charge in [-0.2, -0.15) is 0 Å². The van der Waals surface area contributed by atoms with E-state index < -0.39 is 17.2 Å². The number of nitrogens with zero attached hydrogens (tertiary/aromatic N) is 3. The number of oxime groups is 1. The maximum atomic E-state index is 14.4. The molecule has 0 radical (unpaired) electrons. The van der Waals surface area contributed by atoms with Crippen molar-refractivity contribution in [1.82, 2.24) is 9.80 Å². The molecule has 1 heterocycles. The van der Waals surface area contributed by atoms with Crippen LogP contribution in [0.3, 0.4) is 0 Å². The number of carbonyl (C=O) groups excluding carboxylic acids is 1. The van der Waals surface area contributed by atoms with Crippen LogP contribution in [0.15, 0.2) is 17.3 Å². The minimum Gasteiger partial charge on any atom is -0.444 e. The Morgan fingerprint density at radius 2 is 1.75 bits per heavy atom. The van der Waals surface area contributed by atoms with Crippen LogP contribution >= 0.6 is 0 Å². The number of piperazine rings is 1. The molecule has 1 fully saturated rings. The molecule has 0 saturated carbocycles. The lowest BCUT2D eigenvalue weighted by molar-refractivity contribution is 0.0185. The quantitative estimate of drug-likeness (QED) is 0.441. The van der Waals surface area contributed by atoms with Crippen molar-refractivity contribution in [2.45, 2.75) is 46.1 Å². The Kier molecular flexibility index (Phi) is 7.21. The molecule has 0 N–H and O–H groups in total.